The van der Waals surface area contributed by atoms with E-state index in [0.29, 0.717) is 0 Å². The molecule has 2 rings (SSSR count). The minimum Gasteiger partial charge on any atom is -0.314 e. The summed E-state index contributed by atoms with van der Waals surface area (Å²) < 4.78 is 37.3. The number of alkyl halides is 3. The summed E-state index contributed by atoms with van der Waals surface area (Å²) in [7, 11) is 0. The van der Waals surface area contributed by atoms with Gasteiger partial charge in [-0.2, -0.15) is 13.2 Å². The number of benzene rings is 1. The first-order chi connectivity index (χ1) is 10.2. The Morgan fingerprint density at radius 1 is 1.04 bits per heavy atom. The van der Waals surface area contributed by atoms with E-state index in [-0.39, 0.29) is 40.5 Å². The molecular weight excluding hydrogens is 345 g/mol. The number of rotatable bonds is 3. The van der Waals surface area contributed by atoms with Crippen molar-refractivity contribution in [2.24, 2.45) is 5.41 Å². The van der Waals surface area contributed by atoms with E-state index in [1.807, 2.05) is 12.1 Å². The third-order valence-electron chi connectivity index (χ3n) is 3.77. The molecule has 1 atom stereocenters. The zero-order valence-corrected chi connectivity index (χ0v) is 15.2. The maximum absolute atomic E-state index is 12.4. The van der Waals surface area contributed by atoms with Gasteiger partial charge in [-0.05, 0) is 34.9 Å². The molecule has 0 radical (unpaired) electrons. The van der Waals surface area contributed by atoms with Gasteiger partial charge >= 0.3 is 5.51 Å². The molecule has 132 valence electrons. The second kappa shape index (κ2) is 8.10. The van der Waals surface area contributed by atoms with E-state index < -0.39 is 5.51 Å². The first kappa shape index (κ1) is 20.6. The van der Waals surface area contributed by atoms with Crippen LogP contribution in [-0.4, -0.2) is 36.6 Å². The Labute approximate surface area is 146 Å². The highest BCUT2D eigenvalue weighted by Crippen LogP contribution is 2.40. The monoisotopic (exact) mass is 368 g/mol. The average Bonchev–Trinajstić information content (AvgIpc) is 2.39. The van der Waals surface area contributed by atoms with E-state index in [0.717, 1.165) is 31.7 Å². The highest BCUT2D eigenvalue weighted by atomic mass is 35.5. The van der Waals surface area contributed by atoms with Gasteiger partial charge in [-0.3, -0.25) is 4.90 Å². The van der Waals surface area contributed by atoms with Crippen LogP contribution in [0.15, 0.2) is 29.2 Å². The second-order valence-corrected chi connectivity index (χ2v) is 7.81. The molecular formula is C16H24ClF3N2S. The smallest absolute Gasteiger partial charge is 0.314 e. The molecule has 1 aromatic carbocycles. The summed E-state index contributed by atoms with van der Waals surface area (Å²) in [5.74, 6) is 0. The zero-order chi connectivity index (χ0) is 16.4. The standard InChI is InChI=1S/C16H23F3N2S.ClH/c1-15(2,3)14(21-10-8-20-9-11-21)12-4-6-13(7-5-12)22-16(17,18)19;/h4-7,14,20H,8-11H2,1-3H3;1H/t14-;/m0./s1. The van der Waals surface area contributed by atoms with Crippen LogP contribution in [0.25, 0.3) is 0 Å². The van der Waals surface area contributed by atoms with E-state index in [9.17, 15) is 13.2 Å². The number of thioether (sulfide) groups is 1. The van der Waals surface area contributed by atoms with Gasteiger partial charge in [0.25, 0.3) is 0 Å². The van der Waals surface area contributed by atoms with Gasteiger partial charge < -0.3 is 5.32 Å². The summed E-state index contributed by atoms with van der Waals surface area (Å²) in [6.45, 7) is 10.4. The molecule has 23 heavy (non-hydrogen) atoms. The number of piperazine rings is 1. The maximum Gasteiger partial charge on any atom is 0.446 e. The lowest BCUT2D eigenvalue weighted by molar-refractivity contribution is -0.0328. The Morgan fingerprint density at radius 3 is 2.00 bits per heavy atom. The molecule has 0 bridgehead atoms. The topological polar surface area (TPSA) is 15.3 Å². The Kier molecular flexibility index (Phi) is 7.26. The zero-order valence-electron chi connectivity index (χ0n) is 13.6. The van der Waals surface area contributed by atoms with E-state index >= 15 is 0 Å². The van der Waals surface area contributed by atoms with E-state index in [4.69, 9.17) is 0 Å². The lowest BCUT2D eigenvalue weighted by atomic mass is 9.81. The Hall–Kier alpha value is -0.430. The van der Waals surface area contributed by atoms with Crippen molar-refractivity contribution in [3.8, 4) is 0 Å². The number of nitrogens with zero attached hydrogens (tertiary/aromatic N) is 1. The van der Waals surface area contributed by atoms with Crippen molar-refractivity contribution in [3.63, 3.8) is 0 Å². The fourth-order valence-corrected chi connectivity index (χ4v) is 3.59. The van der Waals surface area contributed by atoms with Gasteiger partial charge in [0.05, 0.1) is 0 Å². The fourth-order valence-electron chi connectivity index (χ4n) is 3.05. The average molecular weight is 369 g/mol. The predicted molar refractivity (Wildman–Crippen MR) is 92.2 cm³/mol. The molecule has 0 aliphatic carbocycles. The summed E-state index contributed by atoms with van der Waals surface area (Å²) in [6, 6.07) is 7.04. The summed E-state index contributed by atoms with van der Waals surface area (Å²) in [4.78, 5) is 2.66. The van der Waals surface area contributed by atoms with Crippen LogP contribution in [0.5, 0.6) is 0 Å². The minimum atomic E-state index is -4.23. The van der Waals surface area contributed by atoms with Crippen molar-refractivity contribution in [2.75, 3.05) is 26.2 Å². The quantitative estimate of drug-likeness (QED) is 0.777. The van der Waals surface area contributed by atoms with Crippen LogP contribution in [0, 0.1) is 5.41 Å². The molecule has 1 aliphatic heterocycles. The minimum absolute atomic E-state index is 0. The van der Waals surface area contributed by atoms with Crippen LogP contribution in [0.2, 0.25) is 0 Å². The first-order valence-corrected chi connectivity index (χ1v) is 8.29. The van der Waals surface area contributed by atoms with Crippen LogP contribution in [0.4, 0.5) is 13.2 Å². The van der Waals surface area contributed by atoms with Gasteiger partial charge in [0.1, 0.15) is 0 Å². The van der Waals surface area contributed by atoms with Crippen molar-refractivity contribution in [1.29, 1.82) is 0 Å². The number of nitrogens with one attached hydrogen (secondary N) is 1. The van der Waals surface area contributed by atoms with E-state index in [2.05, 4.69) is 31.0 Å². The summed E-state index contributed by atoms with van der Waals surface area (Å²) in [6.07, 6.45) is 0. The van der Waals surface area contributed by atoms with Crippen LogP contribution < -0.4 is 5.32 Å². The van der Waals surface area contributed by atoms with Crippen LogP contribution in [0.1, 0.15) is 32.4 Å². The molecule has 1 aliphatic rings. The molecule has 1 N–H and O–H groups in total. The van der Waals surface area contributed by atoms with Gasteiger partial charge in [0.15, 0.2) is 0 Å². The molecule has 1 fully saturated rings. The highest BCUT2D eigenvalue weighted by molar-refractivity contribution is 8.00. The van der Waals surface area contributed by atoms with E-state index in [1.165, 1.54) is 0 Å². The molecule has 1 saturated heterocycles. The van der Waals surface area contributed by atoms with Crippen LogP contribution in [-0.2, 0) is 0 Å². The van der Waals surface area contributed by atoms with Crippen molar-refractivity contribution >= 4 is 24.2 Å². The molecule has 7 heteroatoms. The molecule has 0 aromatic heterocycles. The lowest BCUT2D eigenvalue weighted by Gasteiger charge is -2.42. The fraction of sp³-hybridized carbons (Fsp3) is 0.625. The Morgan fingerprint density at radius 2 is 1.57 bits per heavy atom. The lowest BCUT2D eigenvalue weighted by Crippen LogP contribution is -2.48. The molecule has 0 amide bonds. The van der Waals surface area contributed by atoms with Crippen LogP contribution >= 0.6 is 24.2 Å². The number of hydrogen-bond acceptors (Lipinski definition) is 3. The number of halogens is 4. The second-order valence-electron chi connectivity index (χ2n) is 6.67. The molecule has 1 aromatic rings. The van der Waals surface area contributed by atoms with Gasteiger partial charge in [0, 0.05) is 37.1 Å². The predicted octanol–water partition coefficient (Wildman–Crippen LogP) is 4.71. The van der Waals surface area contributed by atoms with Gasteiger partial charge in [0.2, 0.25) is 0 Å². The van der Waals surface area contributed by atoms with Crippen molar-refractivity contribution in [1.82, 2.24) is 10.2 Å². The van der Waals surface area contributed by atoms with Crippen molar-refractivity contribution < 1.29 is 13.2 Å². The van der Waals surface area contributed by atoms with Gasteiger partial charge in [-0.15, -0.1) is 12.4 Å². The summed E-state index contributed by atoms with van der Waals surface area (Å²) in [5.41, 5.74) is -3.12. The molecule has 0 saturated carbocycles. The van der Waals surface area contributed by atoms with Crippen molar-refractivity contribution in [3.05, 3.63) is 29.8 Å². The van der Waals surface area contributed by atoms with Crippen LogP contribution in [0.3, 0.4) is 0 Å². The third kappa shape index (κ3) is 6.18. The highest BCUT2D eigenvalue weighted by Gasteiger charge is 2.33. The van der Waals surface area contributed by atoms with Gasteiger partial charge in [-0.1, -0.05) is 32.9 Å². The van der Waals surface area contributed by atoms with E-state index in [1.54, 1.807) is 12.1 Å². The largest absolute Gasteiger partial charge is 0.446 e. The summed E-state index contributed by atoms with van der Waals surface area (Å²) in [5, 5.41) is 3.34. The molecule has 0 spiro atoms. The third-order valence-corrected chi connectivity index (χ3v) is 4.51. The summed E-state index contributed by atoms with van der Waals surface area (Å²) >= 11 is -0.0594. The van der Waals surface area contributed by atoms with Crippen molar-refractivity contribution in [2.45, 2.75) is 37.2 Å². The number of hydrogen-bond donors (Lipinski definition) is 1. The maximum atomic E-state index is 12.4. The SMILES string of the molecule is CC(C)(C)[C@H](c1ccc(SC(F)(F)F)cc1)N1CCNCC1.Cl. The van der Waals surface area contributed by atoms with Gasteiger partial charge in [-0.25, -0.2) is 0 Å². The molecule has 0 unspecified atom stereocenters. The Balaban J connectivity index is 0.00000264. The molecule has 2 nitrogen and oxygen atoms in total. The first-order valence-electron chi connectivity index (χ1n) is 7.47. The Bertz CT molecular complexity index is 480. The normalized spacial score (nSPS) is 18.3. The molecule has 1 heterocycles.